The maximum Gasteiger partial charge on any atom is 0.160 e. The molecule has 20 heavy (non-hydrogen) atoms. The van der Waals surface area contributed by atoms with Crippen molar-refractivity contribution in [3.05, 3.63) is 23.8 Å². The van der Waals surface area contributed by atoms with E-state index in [1.807, 2.05) is 12.1 Å². The third kappa shape index (κ3) is 2.76. The van der Waals surface area contributed by atoms with Gasteiger partial charge in [0.2, 0.25) is 0 Å². The number of nitrogens with one attached hydrogen (secondary N) is 1. The van der Waals surface area contributed by atoms with Crippen LogP contribution in [-0.4, -0.2) is 42.3 Å². The summed E-state index contributed by atoms with van der Waals surface area (Å²) in [5, 5.41) is 13.3. The molecule has 2 heterocycles. The number of benzene rings is 1. The molecule has 1 aromatic rings. The first-order valence-corrected chi connectivity index (χ1v) is 7.61. The quantitative estimate of drug-likeness (QED) is 0.884. The second kappa shape index (κ2) is 6.02. The molecule has 110 valence electrons. The van der Waals surface area contributed by atoms with Gasteiger partial charge in [-0.25, -0.2) is 0 Å². The Balaban J connectivity index is 1.69. The number of phenolic OH excluding ortho intramolecular Hbond substituents is 1. The van der Waals surface area contributed by atoms with Crippen LogP contribution in [0.5, 0.6) is 11.5 Å². The molecule has 0 aromatic heterocycles. The molecule has 4 heteroatoms. The summed E-state index contributed by atoms with van der Waals surface area (Å²) in [4.78, 5) is 2.58. The van der Waals surface area contributed by atoms with E-state index in [1.165, 1.54) is 44.3 Å². The van der Waals surface area contributed by atoms with Crippen LogP contribution < -0.4 is 10.1 Å². The number of nitrogens with zero attached hydrogens (tertiary/aromatic N) is 1. The van der Waals surface area contributed by atoms with Gasteiger partial charge in [0.25, 0.3) is 0 Å². The van der Waals surface area contributed by atoms with Gasteiger partial charge in [0.05, 0.1) is 7.11 Å². The average Bonchev–Trinajstić information content (AvgIpc) is 3.11. The molecule has 0 spiro atoms. The van der Waals surface area contributed by atoms with Gasteiger partial charge in [-0.1, -0.05) is 6.07 Å². The topological polar surface area (TPSA) is 44.7 Å². The Morgan fingerprint density at radius 1 is 1.35 bits per heavy atom. The molecule has 2 atom stereocenters. The number of rotatable bonds is 4. The van der Waals surface area contributed by atoms with Crippen LogP contribution in [0.3, 0.4) is 0 Å². The zero-order valence-electron chi connectivity index (χ0n) is 12.1. The maximum absolute atomic E-state index is 9.67. The highest BCUT2D eigenvalue weighted by Crippen LogP contribution is 2.30. The Bertz CT molecular complexity index is 458. The fraction of sp³-hybridized carbons (Fsp3) is 0.625. The monoisotopic (exact) mass is 276 g/mol. The van der Waals surface area contributed by atoms with Gasteiger partial charge in [-0.3, -0.25) is 4.90 Å². The van der Waals surface area contributed by atoms with Crippen molar-refractivity contribution in [2.24, 2.45) is 0 Å². The summed E-state index contributed by atoms with van der Waals surface area (Å²) in [6.07, 6.45) is 5.20. The van der Waals surface area contributed by atoms with E-state index in [-0.39, 0.29) is 5.75 Å². The van der Waals surface area contributed by atoms with Crippen LogP contribution in [-0.2, 0) is 6.54 Å². The van der Waals surface area contributed by atoms with E-state index in [4.69, 9.17) is 4.74 Å². The fourth-order valence-corrected chi connectivity index (χ4v) is 3.60. The number of likely N-dealkylation sites (tertiary alicyclic amines) is 1. The minimum Gasteiger partial charge on any atom is -0.504 e. The Morgan fingerprint density at radius 2 is 2.25 bits per heavy atom. The molecule has 0 amide bonds. The molecule has 3 rings (SSSR count). The summed E-state index contributed by atoms with van der Waals surface area (Å²) >= 11 is 0. The van der Waals surface area contributed by atoms with E-state index in [0.29, 0.717) is 17.8 Å². The SMILES string of the molecule is COc1cc(CN2CCCC2C2CCCN2)ccc1O. The predicted octanol–water partition coefficient (Wildman–Crippen LogP) is 2.12. The third-order valence-corrected chi connectivity index (χ3v) is 4.61. The number of methoxy groups -OCH3 is 1. The number of phenols is 1. The molecule has 0 aliphatic carbocycles. The lowest BCUT2D eigenvalue weighted by molar-refractivity contribution is 0.206. The second-order valence-electron chi connectivity index (χ2n) is 5.89. The van der Waals surface area contributed by atoms with Crippen molar-refractivity contribution < 1.29 is 9.84 Å². The maximum atomic E-state index is 9.67. The number of ether oxygens (including phenoxy) is 1. The van der Waals surface area contributed by atoms with E-state index in [9.17, 15) is 5.11 Å². The molecular weight excluding hydrogens is 252 g/mol. The van der Waals surface area contributed by atoms with Gasteiger partial charge in [0.15, 0.2) is 11.5 Å². The van der Waals surface area contributed by atoms with Crippen molar-refractivity contribution in [2.75, 3.05) is 20.2 Å². The Hall–Kier alpha value is -1.26. The van der Waals surface area contributed by atoms with Crippen molar-refractivity contribution in [3.63, 3.8) is 0 Å². The van der Waals surface area contributed by atoms with Crippen molar-refractivity contribution in [3.8, 4) is 11.5 Å². The standard InChI is InChI=1S/C16H24N2O2/c1-20-16-10-12(6-7-15(16)19)11-18-9-3-5-14(18)13-4-2-8-17-13/h6-7,10,13-14,17,19H,2-5,8-9,11H2,1H3. The number of aromatic hydroxyl groups is 1. The Kier molecular flexibility index (Phi) is 4.13. The normalized spacial score (nSPS) is 27.1. The Labute approximate surface area is 120 Å². The summed E-state index contributed by atoms with van der Waals surface area (Å²) in [5.74, 6) is 0.781. The molecule has 0 saturated carbocycles. The molecule has 0 radical (unpaired) electrons. The lowest BCUT2D eigenvalue weighted by atomic mass is 10.0. The lowest BCUT2D eigenvalue weighted by Crippen LogP contribution is -2.43. The average molecular weight is 276 g/mol. The van der Waals surface area contributed by atoms with Crippen LogP contribution in [0.1, 0.15) is 31.2 Å². The highest BCUT2D eigenvalue weighted by molar-refractivity contribution is 5.41. The van der Waals surface area contributed by atoms with Crippen molar-refractivity contribution >= 4 is 0 Å². The Morgan fingerprint density at radius 3 is 3.00 bits per heavy atom. The summed E-state index contributed by atoms with van der Waals surface area (Å²) in [6, 6.07) is 7.00. The van der Waals surface area contributed by atoms with Crippen LogP contribution in [0, 0.1) is 0 Å². The van der Waals surface area contributed by atoms with Crippen LogP contribution >= 0.6 is 0 Å². The predicted molar refractivity (Wildman–Crippen MR) is 79.1 cm³/mol. The van der Waals surface area contributed by atoms with Gasteiger partial charge >= 0.3 is 0 Å². The van der Waals surface area contributed by atoms with Gasteiger partial charge < -0.3 is 15.2 Å². The first-order chi connectivity index (χ1) is 9.78. The third-order valence-electron chi connectivity index (χ3n) is 4.61. The molecule has 0 bridgehead atoms. The van der Waals surface area contributed by atoms with Gasteiger partial charge in [-0.15, -0.1) is 0 Å². The zero-order valence-corrected chi connectivity index (χ0v) is 12.1. The lowest BCUT2D eigenvalue weighted by Gasteiger charge is -2.29. The van der Waals surface area contributed by atoms with Crippen LogP contribution in [0.2, 0.25) is 0 Å². The molecular formula is C16H24N2O2. The summed E-state index contributed by atoms with van der Waals surface area (Å²) in [6.45, 7) is 3.29. The van der Waals surface area contributed by atoms with Crippen LogP contribution in [0.4, 0.5) is 0 Å². The number of hydrogen-bond donors (Lipinski definition) is 2. The smallest absolute Gasteiger partial charge is 0.160 e. The first kappa shape index (κ1) is 13.7. The number of hydrogen-bond acceptors (Lipinski definition) is 4. The highest BCUT2D eigenvalue weighted by atomic mass is 16.5. The van der Waals surface area contributed by atoms with Crippen molar-refractivity contribution in [1.29, 1.82) is 0 Å². The van der Waals surface area contributed by atoms with E-state index in [1.54, 1.807) is 13.2 Å². The van der Waals surface area contributed by atoms with E-state index in [2.05, 4.69) is 10.2 Å². The first-order valence-electron chi connectivity index (χ1n) is 7.61. The van der Waals surface area contributed by atoms with Gasteiger partial charge in [0, 0.05) is 18.6 Å². The summed E-state index contributed by atoms with van der Waals surface area (Å²) in [7, 11) is 1.60. The van der Waals surface area contributed by atoms with E-state index < -0.39 is 0 Å². The molecule has 2 fully saturated rings. The van der Waals surface area contributed by atoms with Gasteiger partial charge in [-0.2, -0.15) is 0 Å². The van der Waals surface area contributed by atoms with Crippen molar-refractivity contribution in [1.82, 2.24) is 10.2 Å². The van der Waals surface area contributed by atoms with Gasteiger partial charge in [0.1, 0.15) is 0 Å². The molecule has 2 saturated heterocycles. The van der Waals surface area contributed by atoms with E-state index in [0.717, 1.165) is 6.54 Å². The molecule has 2 unspecified atom stereocenters. The van der Waals surface area contributed by atoms with E-state index >= 15 is 0 Å². The summed E-state index contributed by atoms with van der Waals surface area (Å²) in [5.41, 5.74) is 1.21. The van der Waals surface area contributed by atoms with Crippen molar-refractivity contribution in [2.45, 2.75) is 44.3 Å². The minimum absolute atomic E-state index is 0.215. The fourth-order valence-electron chi connectivity index (χ4n) is 3.60. The highest BCUT2D eigenvalue weighted by Gasteiger charge is 2.32. The van der Waals surface area contributed by atoms with Crippen LogP contribution in [0.25, 0.3) is 0 Å². The molecule has 2 aliphatic heterocycles. The second-order valence-corrected chi connectivity index (χ2v) is 5.89. The summed E-state index contributed by atoms with van der Waals surface area (Å²) < 4.78 is 5.20. The minimum atomic E-state index is 0.215. The molecule has 2 N–H and O–H groups in total. The molecule has 2 aliphatic rings. The molecule has 1 aromatic carbocycles. The molecule has 4 nitrogen and oxygen atoms in total. The largest absolute Gasteiger partial charge is 0.504 e. The van der Waals surface area contributed by atoms with Gasteiger partial charge in [-0.05, 0) is 56.5 Å². The zero-order chi connectivity index (χ0) is 13.9. The van der Waals surface area contributed by atoms with Crippen LogP contribution in [0.15, 0.2) is 18.2 Å².